The maximum absolute atomic E-state index is 14.4. The Kier molecular flexibility index (Phi) is 5.38. The van der Waals surface area contributed by atoms with Crippen molar-refractivity contribution in [1.82, 2.24) is 9.88 Å². The summed E-state index contributed by atoms with van der Waals surface area (Å²) in [5.74, 6) is -4.71. The van der Waals surface area contributed by atoms with Crippen LogP contribution in [-0.2, 0) is 13.0 Å². The van der Waals surface area contributed by atoms with Gasteiger partial charge in [-0.05, 0) is 49.6 Å². The smallest absolute Gasteiger partial charge is 0.279 e. The first-order chi connectivity index (χ1) is 16.7. The number of aromatic nitrogens is 1. The van der Waals surface area contributed by atoms with Gasteiger partial charge in [-0.25, -0.2) is 13.2 Å². The van der Waals surface area contributed by atoms with E-state index in [1.807, 2.05) is 0 Å². The molecular weight excluding hydrogens is 463 g/mol. The number of halogens is 3. The van der Waals surface area contributed by atoms with Gasteiger partial charge in [-0.3, -0.25) is 14.4 Å². The summed E-state index contributed by atoms with van der Waals surface area (Å²) in [6.45, 7) is 1.16. The summed E-state index contributed by atoms with van der Waals surface area (Å²) in [7, 11) is 0. The first kappa shape index (κ1) is 22.7. The number of nitrogens with one attached hydrogen (secondary N) is 1. The Hall–Kier alpha value is -4.08. The largest absolute Gasteiger partial charge is 0.503 e. The summed E-state index contributed by atoms with van der Waals surface area (Å²) in [6.07, 6.45) is 1.85. The third-order valence-electron chi connectivity index (χ3n) is 6.51. The van der Waals surface area contributed by atoms with Crippen molar-refractivity contribution in [3.05, 3.63) is 92.2 Å². The monoisotopic (exact) mass is 483 g/mol. The lowest BCUT2D eigenvalue weighted by atomic mass is 10.0. The number of aryl methyl sites for hydroxylation is 1. The predicted molar refractivity (Wildman–Crippen MR) is 120 cm³/mol. The molecule has 0 unspecified atom stereocenters. The van der Waals surface area contributed by atoms with Gasteiger partial charge in [-0.1, -0.05) is 6.07 Å². The molecule has 0 radical (unpaired) electrons. The molecule has 2 aliphatic heterocycles. The van der Waals surface area contributed by atoms with Crippen LogP contribution in [0.2, 0.25) is 0 Å². The van der Waals surface area contributed by atoms with Gasteiger partial charge in [0.15, 0.2) is 11.4 Å². The van der Waals surface area contributed by atoms with Gasteiger partial charge in [-0.15, -0.1) is 0 Å². The van der Waals surface area contributed by atoms with Crippen molar-refractivity contribution in [2.45, 2.75) is 32.4 Å². The number of rotatable bonds is 3. The maximum Gasteiger partial charge on any atom is 0.279 e. The molecule has 2 aromatic carbocycles. The third-order valence-corrected chi connectivity index (χ3v) is 6.51. The Morgan fingerprint density at radius 1 is 1.14 bits per heavy atom. The summed E-state index contributed by atoms with van der Waals surface area (Å²) in [6, 6.07) is 6.18. The van der Waals surface area contributed by atoms with Gasteiger partial charge in [0.2, 0.25) is 5.43 Å². The molecule has 0 aliphatic carbocycles. The lowest BCUT2D eigenvalue weighted by Crippen LogP contribution is -2.44. The van der Waals surface area contributed by atoms with Gasteiger partial charge in [0, 0.05) is 30.4 Å². The molecule has 10 heteroatoms. The highest BCUT2D eigenvalue weighted by molar-refractivity contribution is 6.08. The van der Waals surface area contributed by atoms with E-state index in [1.165, 1.54) is 34.7 Å². The minimum Gasteiger partial charge on any atom is -0.503 e. The summed E-state index contributed by atoms with van der Waals surface area (Å²) < 4.78 is 44.1. The lowest BCUT2D eigenvalue weighted by molar-refractivity contribution is 0.0929. The van der Waals surface area contributed by atoms with Gasteiger partial charge < -0.3 is 19.9 Å². The van der Waals surface area contributed by atoms with Crippen molar-refractivity contribution in [2.75, 3.05) is 11.4 Å². The van der Waals surface area contributed by atoms with E-state index in [-0.39, 0.29) is 17.8 Å². The fourth-order valence-electron chi connectivity index (χ4n) is 4.75. The number of anilines is 1. The second kappa shape index (κ2) is 8.30. The van der Waals surface area contributed by atoms with Gasteiger partial charge in [0.25, 0.3) is 11.8 Å². The summed E-state index contributed by atoms with van der Waals surface area (Å²) in [5.41, 5.74) is -1.13. The predicted octanol–water partition coefficient (Wildman–Crippen LogP) is 3.36. The first-order valence-corrected chi connectivity index (χ1v) is 11.0. The van der Waals surface area contributed by atoms with Crippen molar-refractivity contribution in [1.29, 1.82) is 0 Å². The quantitative estimate of drug-likeness (QED) is 0.598. The molecule has 2 N–H and O–H groups in total. The van der Waals surface area contributed by atoms with Crippen LogP contribution in [0.4, 0.5) is 18.9 Å². The topological polar surface area (TPSA) is 91.6 Å². The van der Waals surface area contributed by atoms with Gasteiger partial charge in [0.05, 0.1) is 11.7 Å². The SMILES string of the molecule is Cc1cc(F)c(CNC(=O)c2cn3c(c(O)c2=O)C(=O)N2C[C@@H]3CCc3c(F)cccc32)c(F)c1. The second-order valence-corrected chi connectivity index (χ2v) is 8.71. The fourth-order valence-corrected chi connectivity index (χ4v) is 4.75. The lowest BCUT2D eigenvalue weighted by Gasteiger charge is -2.35. The van der Waals surface area contributed by atoms with Crippen molar-refractivity contribution < 1.29 is 27.9 Å². The van der Waals surface area contributed by atoms with Gasteiger partial charge >= 0.3 is 0 Å². The number of carbonyl (C=O) groups excluding carboxylic acids is 2. The van der Waals surface area contributed by atoms with E-state index in [9.17, 15) is 32.7 Å². The average Bonchev–Trinajstić information content (AvgIpc) is 2.98. The van der Waals surface area contributed by atoms with Crippen molar-refractivity contribution in [3.63, 3.8) is 0 Å². The van der Waals surface area contributed by atoms with Crippen LogP contribution in [0, 0.1) is 24.4 Å². The van der Waals surface area contributed by atoms with E-state index in [0.29, 0.717) is 29.7 Å². The van der Waals surface area contributed by atoms with Gasteiger partial charge in [0.1, 0.15) is 23.0 Å². The molecule has 2 aliphatic rings. The van der Waals surface area contributed by atoms with Crippen molar-refractivity contribution >= 4 is 17.5 Å². The number of hydrogen-bond acceptors (Lipinski definition) is 4. The molecule has 3 aromatic rings. The zero-order valence-electron chi connectivity index (χ0n) is 18.6. The molecule has 0 fully saturated rings. The molecule has 0 saturated carbocycles. The highest BCUT2D eigenvalue weighted by Crippen LogP contribution is 2.38. The highest BCUT2D eigenvalue weighted by atomic mass is 19.1. The van der Waals surface area contributed by atoms with Crippen LogP contribution in [-0.4, -0.2) is 28.0 Å². The number of nitrogens with zero attached hydrogens (tertiary/aromatic N) is 2. The van der Waals surface area contributed by atoms with Gasteiger partial charge in [-0.2, -0.15) is 0 Å². The summed E-state index contributed by atoms with van der Waals surface area (Å²) >= 11 is 0. The molecular formula is C25H20F3N3O4. The molecule has 2 amide bonds. The minimum atomic E-state index is -1.09. The van der Waals surface area contributed by atoms with Crippen LogP contribution in [0.3, 0.4) is 0 Å². The molecule has 35 heavy (non-hydrogen) atoms. The Balaban J connectivity index is 1.51. The van der Waals surface area contributed by atoms with E-state index >= 15 is 0 Å². The number of aromatic hydroxyl groups is 1. The van der Waals surface area contributed by atoms with Crippen LogP contribution in [0.5, 0.6) is 5.75 Å². The van der Waals surface area contributed by atoms with Crippen LogP contribution in [0.25, 0.3) is 0 Å². The molecule has 0 saturated heterocycles. The Bertz CT molecular complexity index is 1440. The normalized spacial score (nSPS) is 16.4. The molecule has 1 aromatic heterocycles. The number of benzene rings is 2. The number of hydrogen-bond donors (Lipinski definition) is 2. The average molecular weight is 483 g/mol. The van der Waals surface area contributed by atoms with Crippen molar-refractivity contribution in [3.8, 4) is 5.75 Å². The zero-order valence-corrected chi connectivity index (χ0v) is 18.6. The Labute approximate surface area is 197 Å². The number of carbonyl (C=O) groups is 2. The number of amides is 2. The van der Waals surface area contributed by atoms with Crippen molar-refractivity contribution in [2.24, 2.45) is 0 Å². The second-order valence-electron chi connectivity index (χ2n) is 8.71. The number of pyridine rings is 1. The molecule has 0 spiro atoms. The van der Waals surface area contributed by atoms with E-state index in [1.54, 1.807) is 6.07 Å². The van der Waals surface area contributed by atoms with Crippen LogP contribution >= 0.6 is 0 Å². The van der Waals surface area contributed by atoms with E-state index in [2.05, 4.69) is 5.32 Å². The fraction of sp³-hybridized carbons (Fsp3) is 0.240. The van der Waals surface area contributed by atoms with E-state index < -0.39 is 58.6 Å². The summed E-state index contributed by atoms with van der Waals surface area (Å²) in [4.78, 5) is 40.2. The van der Waals surface area contributed by atoms with Crippen LogP contribution in [0.15, 0.2) is 41.3 Å². The maximum atomic E-state index is 14.4. The minimum absolute atomic E-state index is 0.158. The van der Waals surface area contributed by atoms with Crippen LogP contribution in [0.1, 0.15) is 50.0 Å². The molecule has 7 nitrogen and oxygen atoms in total. The molecule has 180 valence electrons. The Morgan fingerprint density at radius 3 is 2.57 bits per heavy atom. The molecule has 5 rings (SSSR count). The Morgan fingerprint density at radius 2 is 1.86 bits per heavy atom. The standard InChI is InChI=1S/C25H20F3N3O4/c1-12-7-18(27)15(19(28)8-12)9-29-24(34)16-11-30-13-5-6-14-17(26)3-2-4-20(14)31(10-13)25(35)21(30)23(33)22(16)32/h2-4,7-8,11,13,33H,5-6,9-10H2,1H3,(H,29,34)/t13-/m0/s1. The molecule has 2 bridgehead atoms. The third kappa shape index (κ3) is 3.65. The molecule has 1 atom stereocenters. The highest BCUT2D eigenvalue weighted by Gasteiger charge is 2.39. The van der Waals surface area contributed by atoms with E-state index in [4.69, 9.17) is 0 Å². The van der Waals surface area contributed by atoms with Crippen LogP contribution < -0.4 is 15.6 Å². The summed E-state index contributed by atoms with van der Waals surface area (Å²) in [5, 5.41) is 12.9. The first-order valence-electron chi connectivity index (χ1n) is 11.0. The van der Waals surface area contributed by atoms with E-state index in [0.717, 1.165) is 12.1 Å². The zero-order chi connectivity index (χ0) is 25.0. The number of fused-ring (bicyclic) bond motifs is 6. The molecule has 3 heterocycles.